The zero-order valence-corrected chi connectivity index (χ0v) is 9.36. The number of hydrazone groups is 1. The summed E-state index contributed by atoms with van der Waals surface area (Å²) in [5.74, 6) is -0.916. The van der Waals surface area contributed by atoms with E-state index in [1.165, 1.54) is 0 Å². The maximum Gasteiger partial charge on any atom is 0.335 e. The SMILES string of the molecule is CN(C)/N=C/c1ccc(C(=O)O)cc1.Cl. The second-order valence-electron chi connectivity index (χ2n) is 3.02. The molecule has 0 atom stereocenters. The molecular formula is C10H13ClN2O2. The lowest BCUT2D eigenvalue weighted by atomic mass is 10.1. The molecule has 0 heterocycles. The minimum absolute atomic E-state index is 0. The van der Waals surface area contributed by atoms with E-state index in [4.69, 9.17) is 5.11 Å². The van der Waals surface area contributed by atoms with Crippen LogP contribution in [0.1, 0.15) is 15.9 Å². The van der Waals surface area contributed by atoms with Gasteiger partial charge in [-0.1, -0.05) is 12.1 Å². The van der Waals surface area contributed by atoms with Crippen LogP contribution in [0.4, 0.5) is 0 Å². The van der Waals surface area contributed by atoms with E-state index in [0.29, 0.717) is 0 Å². The van der Waals surface area contributed by atoms with Crippen molar-refractivity contribution in [3.05, 3.63) is 35.4 Å². The molecule has 0 saturated heterocycles. The van der Waals surface area contributed by atoms with Crippen molar-refractivity contribution in [1.82, 2.24) is 5.01 Å². The summed E-state index contributed by atoms with van der Waals surface area (Å²) < 4.78 is 0. The second kappa shape index (κ2) is 6.03. The molecule has 1 rings (SSSR count). The summed E-state index contributed by atoms with van der Waals surface area (Å²) in [6.07, 6.45) is 1.67. The predicted octanol–water partition coefficient (Wildman–Crippen LogP) is 1.70. The molecule has 0 amide bonds. The van der Waals surface area contributed by atoms with E-state index < -0.39 is 5.97 Å². The third-order valence-corrected chi connectivity index (χ3v) is 1.60. The fourth-order valence-electron chi connectivity index (χ4n) is 0.894. The van der Waals surface area contributed by atoms with Crippen LogP contribution in [-0.4, -0.2) is 36.4 Å². The lowest BCUT2D eigenvalue weighted by Crippen LogP contribution is -2.02. The molecule has 0 aliphatic heterocycles. The van der Waals surface area contributed by atoms with Gasteiger partial charge in [0.25, 0.3) is 0 Å². The summed E-state index contributed by atoms with van der Waals surface area (Å²) >= 11 is 0. The molecule has 82 valence electrons. The van der Waals surface area contributed by atoms with E-state index in [1.807, 2.05) is 14.1 Å². The van der Waals surface area contributed by atoms with Gasteiger partial charge in [0.2, 0.25) is 0 Å². The number of rotatable bonds is 3. The van der Waals surface area contributed by atoms with E-state index >= 15 is 0 Å². The maximum atomic E-state index is 10.5. The molecular weight excluding hydrogens is 216 g/mol. The Morgan fingerprint density at radius 1 is 1.33 bits per heavy atom. The number of nitrogens with zero attached hydrogens (tertiary/aromatic N) is 2. The minimum atomic E-state index is -0.916. The molecule has 1 aromatic carbocycles. The van der Waals surface area contributed by atoms with Crippen molar-refractivity contribution >= 4 is 24.6 Å². The Hall–Kier alpha value is -1.55. The number of carboxylic acids is 1. The fourth-order valence-corrected chi connectivity index (χ4v) is 0.894. The molecule has 0 radical (unpaired) electrons. The van der Waals surface area contributed by atoms with Crippen LogP contribution < -0.4 is 0 Å². The van der Waals surface area contributed by atoms with E-state index in [2.05, 4.69) is 5.10 Å². The summed E-state index contributed by atoms with van der Waals surface area (Å²) in [6, 6.07) is 6.55. The average molecular weight is 229 g/mol. The smallest absolute Gasteiger partial charge is 0.335 e. The van der Waals surface area contributed by atoms with Gasteiger partial charge < -0.3 is 10.1 Å². The van der Waals surface area contributed by atoms with Gasteiger partial charge in [0.15, 0.2) is 0 Å². The van der Waals surface area contributed by atoms with Gasteiger partial charge in [0.1, 0.15) is 0 Å². The van der Waals surface area contributed by atoms with Crippen molar-refractivity contribution in [3.8, 4) is 0 Å². The summed E-state index contributed by atoms with van der Waals surface area (Å²) in [5, 5.41) is 14.4. The number of carboxylic acid groups (broad SMARTS) is 1. The molecule has 0 saturated carbocycles. The first kappa shape index (κ1) is 13.4. The summed E-state index contributed by atoms with van der Waals surface area (Å²) in [7, 11) is 3.64. The van der Waals surface area contributed by atoms with Crippen molar-refractivity contribution < 1.29 is 9.90 Å². The minimum Gasteiger partial charge on any atom is -0.478 e. The van der Waals surface area contributed by atoms with Gasteiger partial charge in [0, 0.05) is 14.1 Å². The summed E-state index contributed by atoms with van der Waals surface area (Å²) in [5.41, 5.74) is 1.16. The number of carbonyl (C=O) groups is 1. The van der Waals surface area contributed by atoms with Crippen LogP contribution in [0.5, 0.6) is 0 Å². The van der Waals surface area contributed by atoms with Gasteiger partial charge in [-0.25, -0.2) is 4.79 Å². The molecule has 0 aliphatic rings. The van der Waals surface area contributed by atoms with Gasteiger partial charge in [0.05, 0.1) is 11.8 Å². The zero-order valence-electron chi connectivity index (χ0n) is 8.54. The molecule has 0 unspecified atom stereocenters. The number of aromatic carboxylic acids is 1. The average Bonchev–Trinajstić information content (AvgIpc) is 2.15. The van der Waals surface area contributed by atoms with Crippen LogP contribution in [0.2, 0.25) is 0 Å². The maximum absolute atomic E-state index is 10.5. The van der Waals surface area contributed by atoms with Crippen LogP contribution in [-0.2, 0) is 0 Å². The first-order valence-electron chi connectivity index (χ1n) is 4.14. The Labute approximate surface area is 94.6 Å². The second-order valence-corrected chi connectivity index (χ2v) is 3.02. The van der Waals surface area contributed by atoms with Crippen molar-refractivity contribution in [3.63, 3.8) is 0 Å². The normalized spacial score (nSPS) is 9.73. The van der Waals surface area contributed by atoms with Crippen LogP contribution >= 0.6 is 12.4 Å². The molecule has 5 heteroatoms. The lowest BCUT2D eigenvalue weighted by Gasteiger charge is -2.02. The highest BCUT2D eigenvalue weighted by molar-refractivity contribution is 5.89. The Morgan fingerprint density at radius 2 is 1.87 bits per heavy atom. The van der Waals surface area contributed by atoms with Crippen LogP contribution in [0, 0.1) is 0 Å². The van der Waals surface area contributed by atoms with Crippen molar-refractivity contribution in [2.75, 3.05) is 14.1 Å². The molecule has 1 aromatic rings. The van der Waals surface area contributed by atoms with Gasteiger partial charge in [-0.15, -0.1) is 12.4 Å². The molecule has 0 fully saturated rings. The summed E-state index contributed by atoms with van der Waals surface area (Å²) in [6.45, 7) is 0. The third kappa shape index (κ3) is 4.46. The largest absolute Gasteiger partial charge is 0.478 e. The lowest BCUT2D eigenvalue weighted by molar-refractivity contribution is 0.0697. The monoisotopic (exact) mass is 228 g/mol. The number of hydrogen-bond donors (Lipinski definition) is 1. The zero-order chi connectivity index (χ0) is 10.6. The quantitative estimate of drug-likeness (QED) is 0.633. The molecule has 0 aliphatic carbocycles. The van der Waals surface area contributed by atoms with Gasteiger partial charge in [-0.3, -0.25) is 0 Å². The van der Waals surface area contributed by atoms with E-state index in [9.17, 15) is 4.79 Å². The molecule has 1 N–H and O–H groups in total. The standard InChI is InChI=1S/C10H12N2O2.ClH/c1-12(2)11-7-8-3-5-9(6-4-8)10(13)14;/h3-7H,1-2H3,(H,13,14);1H/b11-7+;. The van der Waals surface area contributed by atoms with Crippen LogP contribution in [0.25, 0.3) is 0 Å². The first-order chi connectivity index (χ1) is 6.59. The Morgan fingerprint density at radius 3 is 2.27 bits per heavy atom. The Balaban J connectivity index is 0.00000196. The Kier molecular flexibility index (Phi) is 5.41. The van der Waals surface area contributed by atoms with Gasteiger partial charge >= 0.3 is 5.97 Å². The topological polar surface area (TPSA) is 52.9 Å². The van der Waals surface area contributed by atoms with Gasteiger partial charge in [-0.2, -0.15) is 5.10 Å². The molecule has 15 heavy (non-hydrogen) atoms. The number of benzene rings is 1. The third-order valence-electron chi connectivity index (χ3n) is 1.60. The van der Waals surface area contributed by atoms with Crippen LogP contribution in [0.3, 0.4) is 0 Å². The van der Waals surface area contributed by atoms with Crippen LogP contribution in [0.15, 0.2) is 29.4 Å². The molecule has 0 bridgehead atoms. The molecule has 4 nitrogen and oxygen atoms in total. The summed E-state index contributed by atoms with van der Waals surface area (Å²) in [4.78, 5) is 10.5. The highest BCUT2D eigenvalue weighted by Gasteiger charge is 1.99. The van der Waals surface area contributed by atoms with Gasteiger partial charge in [-0.05, 0) is 17.7 Å². The predicted molar refractivity (Wildman–Crippen MR) is 61.9 cm³/mol. The van der Waals surface area contributed by atoms with E-state index in [1.54, 1.807) is 35.5 Å². The number of halogens is 1. The fraction of sp³-hybridized carbons (Fsp3) is 0.200. The Bertz CT molecular complexity index is 347. The van der Waals surface area contributed by atoms with Crippen molar-refractivity contribution in [2.45, 2.75) is 0 Å². The first-order valence-corrected chi connectivity index (χ1v) is 4.14. The van der Waals surface area contributed by atoms with E-state index in [0.717, 1.165) is 5.56 Å². The van der Waals surface area contributed by atoms with Crippen molar-refractivity contribution in [1.29, 1.82) is 0 Å². The van der Waals surface area contributed by atoms with Crippen molar-refractivity contribution in [2.24, 2.45) is 5.10 Å². The highest BCUT2D eigenvalue weighted by Crippen LogP contribution is 2.02. The van der Waals surface area contributed by atoms with E-state index in [-0.39, 0.29) is 18.0 Å². The number of hydrogen-bond acceptors (Lipinski definition) is 3. The molecule has 0 spiro atoms. The highest BCUT2D eigenvalue weighted by atomic mass is 35.5. The molecule has 0 aromatic heterocycles.